The normalized spacial score (nSPS) is 14.2. The van der Waals surface area contributed by atoms with Gasteiger partial charge in [0.05, 0.1) is 6.10 Å². The molecule has 1 rings (SSSR count). The van der Waals surface area contributed by atoms with Gasteiger partial charge in [0.2, 0.25) is 0 Å². The first-order valence-corrected chi connectivity index (χ1v) is 5.27. The Kier molecular flexibility index (Phi) is 4.41. The van der Waals surface area contributed by atoms with Crippen LogP contribution in [0.15, 0.2) is 18.2 Å². The maximum Gasteiger partial charge on any atom is 0.405 e. The van der Waals surface area contributed by atoms with Gasteiger partial charge in [-0.15, -0.1) is 0 Å². The molecule has 6 heteroatoms. The molecule has 1 amide bonds. The van der Waals surface area contributed by atoms with E-state index in [0.717, 1.165) is 0 Å². The van der Waals surface area contributed by atoms with Crippen molar-refractivity contribution in [3.63, 3.8) is 0 Å². The highest BCUT2D eigenvalue weighted by Crippen LogP contribution is 2.34. The largest absolute Gasteiger partial charge is 0.439 e. The number of rotatable bonds is 3. The second kappa shape index (κ2) is 5.39. The predicted octanol–water partition coefficient (Wildman–Crippen LogP) is 2.51. The van der Waals surface area contributed by atoms with Gasteiger partial charge in [-0.1, -0.05) is 29.3 Å². The lowest BCUT2D eigenvalue weighted by Crippen LogP contribution is -2.25. The first-order chi connectivity index (χ1) is 7.43. The fourth-order valence-corrected chi connectivity index (χ4v) is 1.92. The summed E-state index contributed by atoms with van der Waals surface area (Å²) >= 11 is 11.8. The quantitative estimate of drug-likeness (QED) is 0.880. The number of aliphatic hydroxyl groups excluding tert-OH is 1. The van der Waals surface area contributed by atoms with E-state index in [-0.39, 0.29) is 0 Å². The van der Waals surface area contributed by atoms with Crippen LogP contribution >= 0.6 is 23.2 Å². The van der Waals surface area contributed by atoms with Crippen LogP contribution in [0, 0.1) is 0 Å². The molecule has 0 radical (unpaired) electrons. The predicted molar refractivity (Wildman–Crippen MR) is 61.6 cm³/mol. The molecule has 0 bridgehead atoms. The maximum atomic E-state index is 10.7. The number of amides is 1. The van der Waals surface area contributed by atoms with Crippen molar-refractivity contribution < 1.29 is 14.6 Å². The molecule has 0 unspecified atom stereocenters. The Labute approximate surface area is 103 Å². The number of ether oxygens (including phenoxy) is 1. The van der Waals surface area contributed by atoms with Crippen molar-refractivity contribution >= 4 is 29.3 Å². The SMILES string of the molecule is C[C@H](O)[C@@H](OC(N)=O)c1c(Cl)cccc1Cl. The van der Waals surface area contributed by atoms with Crippen LogP contribution in [0.2, 0.25) is 10.0 Å². The van der Waals surface area contributed by atoms with Gasteiger partial charge in [0.15, 0.2) is 6.10 Å². The number of primary amides is 1. The summed E-state index contributed by atoms with van der Waals surface area (Å²) < 4.78 is 4.78. The van der Waals surface area contributed by atoms with Crippen LogP contribution in [0.5, 0.6) is 0 Å². The summed E-state index contributed by atoms with van der Waals surface area (Å²) in [5, 5.41) is 10.1. The molecule has 2 atom stereocenters. The van der Waals surface area contributed by atoms with E-state index >= 15 is 0 Å². The van der Waals surface area contributed by atoms with Gasteiger partial charge < -0.3 is 15.6 Å². The summed E-state index contributed by atoms with van der Waals surface area (Å²) in [5.41, 5.74) is 5.26. The van der Waals surface area contributed by atoms with E-state index < -0.39 is 18.3 Å². The zero-order valence-electron chi connectivity index (χ0n) is 8.48. The Morgan fingerprint density at radius 2 is 1.94 bits per heavy atom. The van der Waals surface area contributed by atoms with E-state index in [0.29, 0.717) is 15.6 Å². The monoisotopic (exact) mass is 263 g/mol. The molecule has 3 N–H and O–H groups in total. The van der Waals surface area contributed by atoms with Crippen LogP contribution in [-0.2, 0) is 4.74 Å². The minimum Gasteiger partial charge on any atom is -0.439 e. The fraction of sp³-hybridized carbons (Fsp3) is 0.300. The van der Waals surface area contributed by atoms with Crippen molar-refractivity contribution in [2.75, 3.05) is 0 Å². The highest BCUT2D eigenvalue weighted by atomic mass is 35.5. The Morgan fingerprint density at radius 1 is 1.44 bits per heavy atom. The first-order valence-electron chi connectivity index (χ1n) is 4.51. The Bertz CT molecular complexity index is 375. The van der Waals surface area contributed by atoms with Crippen LogP contribution in [0.25, 0.3) is 0 Å². The highest BCUT2D eigenvalue weighted by molar-refractivity contribution is 6.36. The summed E-state index contributed by atoms with van der Waals surface area (Å²) in [4.78, 5) is 10.7. The third kappa shape index (κ3) is 3.01. The molecule has 0 aliphatic heterocycles. The molecule has 0 spiro atoms. The number of hydrogen-bond donors (Lipinski definition) is 2. The molecule has 4 nitrogen and oxygen atoms in total. The average Bonchev–Trinajstić information content (AvgIpc) is 2.15. The summed E-state index contributed by atoms with van der Waals surface area (Å²) in [6.45, 7) is 1.45. The minimum absolute atomic E-state index is 0.305. The number of carbonyl (C=O) groups is 1. The van der Waals surface area contributed by atoms with Gasteiger partial charge in [0.25, 0.3) is 0 Å². The molecular weight excluding hydrogens is 253 g/mol. The lowest BCUT2D eigenvalue weighted by atomic mass is 10.1. The zero-order chi connectivity index (χ0) is 12.3. The highest BCUT2D eigenvalue weighted by Gasteiger charge is 2.25. The van der Waals surface area contributed by atoms with Gasteiger partial charge >= 0.3 is 6.09 Å². The van der Waals surface area contributed by atoms with E-state index in [1.54, 1.807) is 18.2 Å². The molecule has 0 fully saturated rings. The van der Waals surface area contributed by atoms with Crippen LogP contribution in [0.3, 0.4) is 0 Å². The molecule has 1 aromatic carbocycles. The van der Waals surface area contributed by atoms with E-state index in [2.05, 4.69) is 0 Å². The van der Waals surface area contributed by atoms with Gasteiger partial charge in [0.1, 0.15) is 0 Å². The van der Waals surface area contributed by atoms with Crippen LogP contribution in [0.4, 0.5) is 4.79 Å². The number of nitrogens with two attached hydrogens (primary N) is 1. The molecule has 0 aromatic heterocycles. The van der Waals surface area contributed by atoms with Crippen molar-refractivity contribution in [3.05, 3.63) is 33.8 Å². The molecule has 0 aliphatic rings. The minimum atomic E-state index is -0.998. The van der Waals surface area contributed by atoms with Crippen molar-refractivity contribution in [3.8, 4) is 0 Å². The molecule has 16 heavy (non-hydrogen) atoms. The molecule has 0 saturated heterocycles. The second-order valence-corrected chi connectivity index (χ2v) is 4.05. The van der Waals surface area contributed by atoms with E-state index in [9.17, 15) is 9.90 Å². The van der Waals surface area contributed by atoms with Crippen molar-refractivity contribution in [2.24, 2.45) is 5.73 Å². The average molecular weight is 264 g/mol. The summed E-state index contributed by atoms with van der Waals surface area (Å²) in [5.74, 6) is 0. The molecule has 88 valence electrons. The van der Waals surface area contributed by atoms with Crippen molar-refractivity contribution in [1.29, 1.82) is 0 Å². The third-order valence-corrected chi connectivity index (χ3v) is 2.62. The van der Waals surface area contributed by atoms with Crippen LogP contribution < -0.4 is 5.73 Å². The lowest BCUT2D eigenvalue weighted by molar-refractivity contribution is 0.0149. The topological polar surface area (TPSA) is 72.6 Å². The molecular formula is C10H11Cl2NO3. The van der Waals surface area contributed by atoms with Crippen LogP contribution in [-0.4, -0.2) is 17.3 Å². The third-order valence-electron chi connectivity index (χ3n) is 1.97. The Hall–Kier alpha value is -0.970. The van der Waals surface area contributed by atoms with Gasteiger partial charge in [-0.05, 0) is 19.1 Å². The number of aliphatic hydroxyl groups is 1. The molecule has 0 heterocycles. The van der Waals surface area contributed by atoms with Gasteiger partial charge in [-0.2, -0.15) is 0 Å². The van der Waals surface area contributed by atoms with Crippen molar-refractivity contribution in [2.45, 2.75) is 19.1 Å². The number of hydrogen-bond acceptors (Lipinski definition) is 3. The molecule has 1 aromatic rings. The number of benzene rings is 1. The van der Waals surface area contributed by atoms with E-state index in [4.69, 9.17) is 33.7 Å². The first kappa shape index (κ1) is 13.1. The summed E-state index contributed by atoms with van der Waals surface area (Å²) in [6.07, 6.45) is -2.94. The number of halogens is 2. The number of carbonyl (C=O) groups excluding carboxylic acids is 1. The standard InChI is InChI=1S/C10H11Cl2NO3/c1-5(14)9(16-10(13)15)8-6(11)3-2-4-7(8)12/h2-5,9,14H,1H3,(H2,13,15)/t5-,9+/m0/s1. The summed E-state index contributed by atoms with van der Waals surface area (Å²) in [7, 11) is 0. The Balaban J connectivity index is 3.15. The van der Waals surface area contributed by atoms with Crippen molar-refractivity contribution in [1.82, 2.24) is 0 Å². The molecule has 0 saturated carbocycles. The van der Waals surface area contributed by atoms with Gasteiger partial charge in [-0.25, -0.2) is 4.79 Å². The van der Waals surface area contributed by atoms with Gasteiger partial charge in [0, 0.05) is 15.6 Å². The van der Waals surface area contributed by atoms with Crippen LogP contribution in [0.1, 0.15) is 18.6 Å². The second-order valence-electron chi connectivity index (χ2n) is 3.23. The van der Waals surface area contributed by atoms with E-state index in [1.807, 2.05) is 0 Å². The lowest BCUT2D eigenvalue weighted by Gasteiger charge is -2.21. The van der Waals surface area contributed by atoms with Gasteiger partial charge in [-0.3, -0.25) is 0 Å². The fourth-order valence-electron chi connectivity index (χ4n) is 1.31. The van der Waals surface area contributed by atoms with E-state index in [1.165, 1.54) is 6.92 Å². The Morgan fingerprint density at radius 3 is 2.31 bits per heavy atom. The maximum absolute atomic E-state index is 10.7. The zero-order valence-corrected chi connectivity index (χ0v) is 10.00. The molecule has 0 aliphatic carbocycles. The summed E-state index contributed by atoms with van der Waals surface area (Å²) in [6, 6.07) is 4.82. The smallest absolute Gasteiger partial charge is 0.405 e.